The average molecular weight is 311 g/mol. The topological polar surface area (TPSA) is 43.6 Å². The molecule has 0 fully saturated rings. The van der Waals surface area contributed by atoms with E-state index < -0.39 is 0 Å². The van der Waals surface area contributed by atoms with Gasteiger partial charge in [-0.25, -0.2) is 20.0 Å². The first kappa shape index (κ1) is 18.0. The molecule has 0 unspecified atom stereocenters. The zero-order valence-corrected chi connectivity index (χ0v) is 15.4. The lowest BCUT2D eigenvalue weighted by Gasteiger charge is -2.24. The second kappa shape index (κ2) is 7.78. The fourth-order valence-corrected chi connectivity index (χ4v) is 3.24. The van der Waals surface area contributed by atoms with Crippen LogP contribution >= 0.6 is 10.0 Å². The molecule has 0 bridgehead atoms. The van der Waals surface area contributed by atoms with E-state index in [-0.39, 0.29) is 10.0 Å². The molecule has 2 heterocycles. The molecule has 0 atom stereocenters. The third-order valence-corrected chi connectivity index (χ3v) is 4.67. The van der Waals surface area contributed by atoms with Crippen LogP contribution in [0, 0.1) is 13.8 Å². The second-order valence-corrected chi connectivity index (χ2v) is 10.6. The molecule has 0 N–H and O–H groups in total. The smallest absolute Gasteiger partial charge is 0.126 e. The Morgan fingerprint density at radius 3 is 2.38 bits per heavy atom. The quantitative estimate of drug-likeness (QED) is 0.786. The lowest BCUT2D eigenvalue weighted by Crippen LogP contribution is -2.04. The highest BCUT2D eigenvalue weighted by atomic mass is 32.3. The van der Waals surface area contributed by atoms with Gasteiger partial charge in [0.2, 0.25) is 0 Å². The molecule has 0 spiro atoms. The van der Waals surface area contributed by atoms with E-state index in [2.05, 4.69) is 38.5 Å². The number of hydrogen-bond donors (Lipinski definition) is 0. The Hall–Kier alpha value is -1.10. The lowest BCUT2D eigenvalue weighted by atomic mass is 10.3. The third kappa shape index (κ3) is 5.30. The van der Waals surface area contributed by atoms with Gasteiger partial charge in [-0.05, 0) is 51.2 Å². The summed E-state index contributed by atoms with van der Waals surface area (Å²) in [4.78, 5) is 8.75. The predicted molar refractivity (Wildman–Crippen MR) is 95.6 cm³/mol. The fourth-order valence-electron chi connectivity index (χ4n) is 2.17. The van der Waals surface area contributed by atoms with Gasteiger partial charge in [0.15, 0.2) is 0 Å². The Bertz CT molecular complexity index is 569. The summed E-state index contributed by atoms with van der Waals surface area (Å²) in [6, 6.07) is 0. The molecule has 0 saturated carbocycles. The molecule has 0 aliphatic carbocycles. The molecule has 0 aromatic carbocycles. The minimum atomic E-state index is -0.376. The normalized spacial score (nSPS) is 12.1. The van der Waals surface area contributed by atoms with Crippen molar-refractivity contribution in [3.05, 3.63) is 17.7 Å². The van der Waals surface area contributed by atoms with Gasteiger partial charge in [0.25, 0.3) is 0 Å². The van der Waals surface area contributed by atoms with Crippen LogP contribution < -0.4 is 0 Å². The van der Waals surface area contributed by atoms with Crippen LogP contribution in [0.2, 0.25) is 0 Å². The van der Waals surface area contributed by atoms with Gasteiger partial charge in [0, 0.05) is 6.54 Å². The number of nitrogens with zero attached hydrogens (tertiary/aromatic N) is 4. The highest BCUT2D eigenvalue weighted by Crippen LogP contribution is 2.35. The molecule has 21 heavy (non-hydrogen) atoms. The molecule has 0 radical (unpaired) electrons. The number of fused-ring (bicyclic) bond motifs is 1. The predicted octanol–water partition coefficient (Wildman–Crippen LogP) is 3.94. The van der Waals surface area contributed by atoms with Crippen molar-refractivity contribution in [3.8, 4) is 0 Å². The van der Waals surface area contributed by atoms with Crippen LogP contribution in [0.3, 0.4) is 0 Å². The van der Waals surface area contributed by atoms with Gasteiger partial charge in [-0.3, -0.25) is 4.68 Å². The maximum absolute atomic E-state index is 4.59. The van der Waals surface area contributed by atoms with Crippen LogP contribution in [0.25, 0.3) is 11.0 Å². The fraction of sp³-hybridized carbons (Fsp3) is 0.688. The summed E-state index contributed by atoms with van der Waals surface area (Å²) in [5.41, 5.74) is 3.06. The van der Waals surface area contributed by atoms with Gasteiger partial charge in [-0.2, -0.15) is 5.10 Å². The monoisotopic (exact) mass is 310 g/mol. The molecule has 0 aliphatic rings. The molecule has 120 valence electrons. The van der Waals surface area contributed by atoms with Crippen LogP contribution in [-0.4, -0.2) is 44.3 Å². The van der Waals surface area contributed by atoms with E-state index >= 15 is 0 Å². The Balaban J connectivity index is 0.00000106. The van der Waals surface area contributed by atoms with Crippen LogP contribution in [-0.2, 0) is 6.54 Å². The molecular formula is C16H30N4S. The number of aromatic nitrogens is 4. The summed E-state index contributed by atoms with van der Waals surface area (Å²) < 4.78 is 2.06. The molecule has 2 aromatic heterocycles. The number of unbranched alkanes of at least 4 members (excludes halogenated alkanes) is 1. The highest BCUT2D eigenvalue weighted by molar-refractivity contribution is 8.32. The van der Waals surface area contributed by atoms with Crippen molar-refractivity contribution in [1.29, 1.82) is 0 Å². The molecule has 2 rings (SSSR count). The van der Waals surface area contributed by atoms with Crippen molar-refractivity contribution in [2.45, 2.75) is 47.1 Å². The largest absolute Gasteiger partial charge is 0.261 e. The van der Waals surface area contributed by atoms with Crippen LogP contribution in [0.1, 0.15) is 38.2 Å². The number of hydrogen-bond acceptors (Lipinski definition) is 3. The second-order valence-electron chi connectivity index (χ2n) is 5.96. The zero-order chi connectivity index (χ0) is 16.0. The zero-order valence-electron chi connectivity index (χ0n) is 14.6. The Morgan fingerprint density at radius 2 is 1.76 bits per heavy atom. The minimum Gasteiger partial charge on any atom is -0.261 e. The van der Waals surface area contributed by atoms with Gasteiger partial charge >= 0.3 is 0 Å². The van der Waals surface area contributed by atoms with Crippen molar-refractivity contribution >= 4 is 21.1 Å². The van der Waals surface area contributed by atoms with Gasteiger partial charge in [-0.1, -0.05) is 13.8 Å². The van der Waals surface area contributed by atoms with Crippen molar-refractivity contribution < 1.29 is 0 Å². The van der Waals surface area contributed by atoms with E-state index in [0.29, 0.717) is 0 Å². The molecule has 4 nitrogen and oxygen atoms in total. The van der Waals surface area contributed by atoms with E-state index in [9.17, 15) is 0 Å². The Morgan fingerprint density at radius 1 is 1.10 bits per heavy atom. The first-order chi connectivity index (χ1) is 9.87. The summed E-state index contributed by atoms with van der Waals surface area (Å²) in [7, 11) is -0.376. The Kier molecular flexibility index (Phi) is 6.65. The van der Waals surface area contributed by atoms with E-state index in [0.717, 1.165) is 29.1 Å². The van der Waals surface area contributed by atoms with Gasteiger partial charge in [-0.15, -0.1) is 0 Å². The van der Waals surface area contributed by atoms with Gasteiger partial charge < -0.3 is 0 Å². The number of aryl methyl sites for hydroxylation is 3. The van der Waals surface area contributed by atoms with Crippen LogP contribution in [0.4, 0.5) is 0 Å². The first-order valence-corrected chi connectivity index (χ1v) is 10.7. The molecule has 0 saturated heterocycles. The summed E-state index contributed by atoms with van der Waals surface area (Å²) in [6.45, 7) is 8.90. The first-order valence-electron chi connectivity index (χ1n) is 7.69. The maximum atomic E-state index is 4.59. The molecule has 5 heteroatoms. The van der Waals surface area contributed by atoms with Crippen molar-refractivity contribution in [1.82, 2.24) is 19.7 Å². The molecule has 0 amide bonds. The molecule has 2 aromatic rings. The van der Waals surface area contributed by atoms with E-state index in [1.807, 2.05) is 33.9 Å². The average Bonchev–Trinajstić information content (AvgIpc) is 2.72. The van der Waals surface area contributed by atoms with Crippen LogP contribution in [0.5, 0.6) is 0 Å². The van der Waals surface area contributed by atoms with Crippen molar-refractivity contribution in [3.63, 3.8) is 0 Å². The SMILES string of the molecule is CC.Cc1ncc2c(n1)c(C)nn2CCCCS(C)(C)C. The summed E-state index contributed by atoms with van der Waals surface area (Å²) in [5, 5.41) is 4.59. The molecular weight excluding hydrogens is 280 g/mol. The van der Waals surface area contributed by atoms with Crippen LogP contribution in [0.15, 0.2) is 6.20 Å². The van der Waals surface area contributed by atoms with Gasteiger partial charge in [0.1, 0.15) is 16.9 Å². The van der Waals surface area contributed by atoms with Crippen molar-refractivity contribution in [2.24, 2.45) is 0 Å². The summed E-state index contributed by atoms with van der Waals surface area (Å²) >= 11 is 0. The van der Waals surface area contributed by atoms with Crippen molar-refractivity contribution in [2.75, 3.05) is 24.5 Å². The number of rotatable bonds is 5. The summed E-state index contributed by atoms with van der Waals surface area (Å²) in [6.07, 6.45) is 11.5. The van der Waals surface area contributed by atoms with Gasteiger partial charge in [0.05, 0.1) is 11.9 Å². The standard InChI is InChI=1S/C14H24N4S.C2H6/c1-11-14-13(10-15-12(2)16-14)18(17-11)8-6-7-9-19(3,4)5;1-2/h10H,6-9H2,1-5H3;1-2H3. The molecule has 0 aliphatic heterocycles. The highest BCUT2D eigenvalue weighted by Gasteiger charge is 2.09. The van der Waals surface area contributed by atoms with E-state index in [1.165, 1.54) is 18.6 Å². The maximum Gasteiger partial charge on any atom is 0.126 e. The van der Waals surface area contributed by atoms with E-state index in [1.54, 1.807) is 0 Å². The summed E-state index contributed by atoms with van der Waals surface area (Å²) in [5.74, 6) is 2.15. The van der Waals surface area contributed by atoms with E-state index in [4.69, 9.17) is 0 Å². The third-order valence-electron chi connectivity index (χ3n) is 3.16. The lowest BCUT2D eigenvalue weighted by molar-refractivity contribution is 0.585. The Labute approximate surface area is 130 Å². The minimum absolute atomic E-state index is 0.376.